The number of oxazole rings is 1. The lowest BCUT2D eigenvalue weighted by Crippen LogP contribution is -2.47. The van der Waals surface area contributed by atoms with E-state index in [-0.39, 0.29) is 0 Å². The summed E-state index contributed by atoms with van der Waals surface area (Å²) in [7, 11) is 0. The van der Waals surface area contributed by atoms with Crippen molar-refractivity contribution in [2.45, 2.75) is 33.4 Å². The van der Waals surface area contributed by atoms with Gasteiger partial charge in [-0.1, -0.05) is 0 Å². The summed E-state index contributed by atoms with van der Waals surface area (Å²) in [4.78, 5) is 26.7. The van der Waals surface area contributed by atoms with Gasteiger partial charge in [-0.05, 0) is 20.8 Å². The molecule has 3 N–H and O–H groups in total. The van der Waals surface area contributed by atoms with Crippen LogP contribution >= 0.6 is 0 Å². The fourth-order valence-electron chi connectivity index (χ4n) is 1.24. The van der Waals surface area contributed by atoms with E-state index in [0.717, 1.165) is 0 Å². The van der Waals surface area contributed by atoms with E-state index in [0.29, 0.717) is 24.7 Å². The molecule has 100 valence electrons. The molecule has 1 atom stereocenters. The Balaban J connectivity index is 2.33. The molecule has 0 bridgehead atoms. The minimum absolute atomic E-state index is 0.331. The normalized spacial score (nSPS) is 11.9. The largest absolute Gasteiger partial charge is 0.445 e. The first kappa shape index (κ1) is 14.2. The van der Waals surface area contributed by atoms with Gasteiger partial charge in [-0.25, -0.2) is 9.78 Å². The Hall–Kier alpha value is -1.89. The summed E-state index contributed by atoms with van der Waals surface area (Å²) in [6.45, 7) is 6.02. The third-order valence-corrected chi connectivity index (χ3v) is 2.20. The summed E-state index contributed by atoms with van der Waals surface area (Å²) in [6.07, 6.45) is 1.61. The lowest BCUT2D eigenvalue weighted by Gasteiger charge is -2.12. The van der Waals surface area contributed by atoms with Gasteiger partial charge in [0.1, 0.15) is 5.76 Å². The van der Waals surface area contributed by atoms with Crippen molar-refractivity contribution in [2.24, 2.45) is 0 Å². The quantitative estimate of drug-likeness (QED) is 0.702. The molecule has 0 aliphatic heterocycles. The molecule has 7 nitrogen and oxygen atoms in total. The number of rotatable bonds is 5. The Morgan fingerprint density at radius 3 is 2.78 bits per heavy atom. The van der Waals surface area contributed by atoms with Crippen molar-refractivity contribution in [3.05, 3.63) is 17.8 Å². The molecule has 3 amide bonds. The number of carbonyl (C=O) groups is 2. The maximum Gasteiger partial charge on any atom is 0.321 e. The average Bonchev–Trinajstić information content (AvgIpc) is 2.72. The van der Waals surface area contributed by atoms with Crippen molar-refractivity contribution in [1.82, 2.24) is 20.9 Å². The second kappa shape index (κ2) is 6.75. The van der Waals surface area contributed by atoms with Gasteiger partial charge in [-0.2, -0.15) is 0 Å². The average molecular weight is 254 g/mol. The van der Waals surface area contributed by atoms with Crippen LogP contribution in [0.3, 0.4) is 0 Å². The van der Waals surface area contributed by atoms with E-state index in [2.05, 4.69) is 20.9 Å². The van der Waals surface area contributed by atoms with Crippen LogP contribution in [0.25, 0.3) is 0 Å². The molecule has 0 aliphatic rings. The first-order chi connectivity index (χ1) is 8.52. The SMILES string of the molecule is CCNC(=O)NC(=O)C(C)NCc1ncc(C)o1. The highest BCUT2D eigenvalue weighted by Gasteiger charge is 2.15. The second-order valence-corrected chi connectivity index (χ2v) is 3.82. The van der Waals surface area contributed by atoms with Gasteiger partial charge in [0.25, 0.3) is 0 Å². The highest BCUT2D eigenvalue weighted by molar-refractivity contribution is 5.96. The first-order valence-electron chi connectivity index (χ1n) is 5.76. The van der Waals surface area contributed by atoms with Gasteiger partial charge in [0.05, 0.1) is 18.8 Å². The van der Waals surface area contributed by atoms with Crippen LogP contribution in [0, 0.1) is 6.92 Å². The zero-order valence-electron chi connectivity index (χ0n) is 10.7. The summed E-state index contributed by atoms with van der Waals surface area (Å²) in [5.74, 6) is 0.820. The maximum absolute atomic E-state index is 11.6. The smallest absolute Gasteiger partial charge is 0.321 e. The minimum atomic E-state index is -0.514. The highest BCUT2D eigenvalue weighted by atomic mass is 16.4. The van der Waals surface area contributed by atoms with E-state index in [1.165, 1.54) is 0 Å². The Morgan fingerprint density at radius 2 is 2.22 bits per heavy atom. The third kappa shape index (κ3) is 4.54. The first-order valence-corrected chi connectivity index (χ1v) is 5.76. The van der Waals surface area contributed by atoms with Gasteiger partial charge in [-0.15, -0.1) is 0 Å². The fourth-order valence-corrected chi connectivity index (χ4v) is 1.24. The molecular formula is C11H18N4O3. The lowest BCUT2D eigenvalue weighted by atomic mass is 10.3. The van der Waals surface area contributed by atoms with Gasteiger partial charge in [0.15, 0.2) is 0 Å². The van der Waals surface area contributed by atoms with Crippen LogP contribution in [0.15, 0.2) is 10.6 Å². The lowest BCUT2D eigenvalue weighted by molar-refractivity contribution is -0.121. The van der Waals surface area contributed by atoms with Crippen LogP contribution < -0.4 is 16.0 Å². The number of hydrogen-bond donors (Lipinski definition) is 3. The molecule has 0 aliphatic carbocycles. The molecule has 0 saturated carbocycles. The summed E-state index contributed by atoms with van der Waals surface area (Å²) in [6, 6.07) is -1.01. The van der Waals surface area contributed by atoms with Crippen LogP contribution in [0.5, 0.6) is 0 Å². The third-order valence-electron chi connectivity index (χ3n) is 2.20. The summed E-state index contributed by atoms with van der Waals surface area (Å²) < 4.78 is 5.25. The summed E-state index contributed by atoms with van der Waals surface area (Å²) in [5, 5.41) is 7.61. The molecule has 18 heavy (non-hydrogen) atoms. The number of amides is 3. The van der Waals surface area contributed by atoms with Gasteiger partial charge < -0.3 is 9.73 Å². The summed E-state index contributed by atoms with van der Waals surface area (Å²) in [5.41, 5.74) is 0. The molecule has 1 aromatic heterocycles. The molecule has 0 saturated heterocycles. The minimum Gasteiger partial charge on any atom is -0.445 e. The number of urea groups is 1. The second-order valence-electron chi connectivity index (χ2n) is 3.82. The monoisotopic (exact) mass is 254 g/mol. The number of imide groups is 1. The molecule has 0 spiro atoms. The van der Waals surface area contributed by atoms with E-state index in [9.17, 15) is 9.59 Å². The molecule has 1 unspecified atom stereocenters. The number of hydrogen-bond acceptors (Lipinski definition) is 5. The van der Waals surface area contributed by atoms with Crippen molar-refractivity contribution in [2.75, 3.05) is 6.54 Å². The van der Waals surface area contributed by atoms with E-state index in [4.69, 9.17) is 4.42 Å². The van der Waals surface area contributed by atoms with Crippen molar-refractivity contribution >= 4 is 11.9 Å². The standard InChI is InChI=1S/C11H18N4O3/c1-4-12-11(17)15-10(16)8(3)13-6-9-14-5-7(2)18-9/h5,8,13H,4,6H2,1-3H3,(H2,12,15,16,17). The fraction of sp³-hybridized carbons (Fsp3) is 0.545. The number of carbonyl (C=O) groups excluding carboxylic acids is 2. The Morgan fingerprint density at radius 1 is 1.50 bits per heavy atom. The van der Waals surface area contributed by atoms with E-state index in [1.54, 1.807) is 27.0 Å². The molecule has 7 heteroatoms. The molecule has 0 radical (unpaired) electrons. The number of aromatic nitrogens is 1. The van der Waals surface area contributed by atoms with Crippen molar-refractivity contribution in [3.8, 4) is 0 Å². The van der Waals surface area contributed by atoms with Crippen molar-refractivity contribution < 1.29 is 14.0 Å². The predicted molar refractivity (Wildman–Crippen MR) is 64.8 cm³/mol. The number of nitrogens with zero attached hydrogens (tertiary/aromatic N) is 1. The Labute approximate surface area is 105 Å². The van der Waals surface area contributed by atoms with E-state index < -0.39 is 18.0 Å². The topological polar surface area (TPSA) is 96.3 Å². The van der Waals surface area contributed by atoms with Crippen LogP contribution in [0.1, 0.15) is 25.5 Å². The zero-order valence-corrected chi connectivity index (χ0v) is 10.7. The maximum atomic E-state index is 11.6. The van der Waals surface area contributed by atoms with Gasteiger partial charge in [0, 0.05) is 6.54 Å². The molecular weight excluding hydrogens is 236 g/mol. The van der Waals surface area contributed by atoms with Crippen molar-refractivity contribution in [1.29, 1.82) is 0 Å². The van der Waals surface area contributed by atoms with Crippen molar-refractivity contribution in [3.63, 3.8) is 0 Å². The van der Waals surface area contributed by atoms with Gasteiger partial charge in [0.2, 0.25) is 11.8 Å². The molecule has 1 aromatic rings. The molecule has 1 rings (SSSR count). The van der Waals surface area contributed by atoms with E-state index >= 15 is 0 Å². The number of nitrogens with one attached hydrogen (secondary N) is 3. The van der Waals surface area contributed by atoms with Crippen LogP contribution in [0.4, 0.5) is 4.79 Å². The molecule has 0 fully saturated rings. The molecule has 1 heterocycles. The van der Waals surface area contributed by atoms with Gasteiger partial charge >= 0.3 is 6.03 Å². The molecule has 0 aromatic carbocycles. The zero-order chi connectivity index (χ0) is 13.5. The predicted octanol–water partition coefficient (Wildman–Crippen LogP) is 0.307. The van der Waals surface area contributed by atoms with Crippen LogP contribution in [-0.4, -0.2) is 29.5 Å². The number of aryl methyl sites for hydroxylation is 1. The van der Waals surface area contributed by atoms with Gasteiger partial charge in [-0.3, -0.25) is 15.4 Å². The summed E-state index contributed by atoms with van der Waals surface area (Å²) >= 11 is 0. The van der Waals surface area contributed by atoms with E-state index in [1.807, 2.05) is 0 Å². The Kier molecular flexibility index (Phi) is 5.31. The Bertz CT molecular complexity index is 416. The van der Waals surface area contributed by atoms with Crippen LogP contribution in [0.2, 0.25) is 0 Å². The van der Waals surface area contributed by atoms with Crippen LogP contribution in [-0.2, 0) is 11.3 Å². The highest BCUT2D eigenvalue weighted by Crippen LogP contribution is 2.01.